The molecule has 1 saturated heterocycles. The molecule has 10 nitrogen and oxygen atoms in total. The maximum absolute atomic E-state index is 15.0. The quantitative estimate of drug-likeness (QED) is 0.270. The van der Waals surface area contributed by atoms with Crippen LogP contribution < -0.4 is 14.2 Å². The van der Waals surface area contributed by atoms with Crippen molar-refractivity contribution in [1.82, 2.24) is 9.80 Å². The summed E-state index contributed by atoms with van der Waals surface area (Å²) in [5, 5.41) is 0. The number of nitrogens with zero attached hydrogens (tertiary/aromatic N) is 2. The molecule has 0 saturated carbocycles. The van der Waals surface area contributed by atoms with Crippen LogP contribution in [0.5, 0.6) is 17.2 Å². The minimum Gasteiger partial charge on any atom is -0.496 e. The maximum Gasteiger partial charge on any atom is 0.413 e. The first-order valence-corrected chi connectivity index (χ1v) is 15.9. The van der Waals surface area contributed by atoms with Crippen molar-refractivity contribution in [2.45, 2.75) is 77.1 Å². The molecule has 0 unspecified atom stereocenters. The van der Waals surface area contributed by atoms with Crippen LogP contribution in [0, 0.1) is 6.92 Å². The Bertz CT molecular complexity index is 1560. The Morgan fingerprint density at radius 1 is 0.830 bits per heavy atom. The SMILES string of the molecule is COc1c(C)c(OC)c(OC)c2c1C[C@H]1[C@@H](OC)N(C(=O)OC(C)(C)C)[C@H](Cc3ccccc3)C(=O)N1[C@H]2COCc1ccccc1. The minimum atomic E-state index is -0.910. The van der Waals surface area contributed by atoms with Crippen molar-refractivity contribution in [3.8, 4) is 17.2 Å². The van der Waals surface area contributed by atoms with Gasteiger partial charge in [0.05, 0.1) is 46.6 Å². The van der Waals surface area contributed by atoms with Gasteiger partial charge in [0.15, 0.2) is 17.7 Å². The van der Waals surface area contributed by atoms with E-state index in [1.54, 1.807) is 49.2 Å². The van der Waals surface area contributed by atoms with Gasteiger partial charge in [-0.05, 0) is 38.8 Å². The minimum absolute atomic E-state index is 0.150. The second kappa shape index (κ2) is 14.2. The van der Waals surface area contributed by atoms with Crippen LogP contribution in [0.3, 0.4) is 0 Å². The lowest BCUT2D eigenvalue weighted by molar-refractivity contribution is -0.181. The zero-order chi connectivity index (χ0) is 33.9. The molecule has 10 heteroatoms. The van der Waals surface area contributed by atoms with Crippen molar-refractivity contribution in [3.05, 3.63) is 88.5 Å². The second-order valence-corrected chi connectivity index (χ2v) is 12.9. The molecule has 3 aromatic rings. The zero-order valence-electron chi connectivity index (χ0n) is 28.6. The van der Waals surface area contributed by atoms with Gasteiger partial charge in [0.1, 0.15) is 17.4 Å². The number of ether oxygens (including phenoxy) is 6. The van der Waals surface area contributed by atoms with Crippen LogP contribution in [-0.2, 0) is 38.5 Å². The fourth-order valence-corrected chi connectivity index (χ4v) is 6.91. The van der Waals surface area contributed by atoms with Gasteiger partial charge in [0.2, 0.25) is 5.91 Å². The molecule has 0 spiro atoms. The summed E-state index contributed by atoms with van der Waals surface area (Å²) in [4.78, 5) is 32.3. The topological polar surface area (TPSA) is 96.0 Å². The molecule has 2 aliphatic heterocycles. The van der Waals surface area contributed by atoms with E-state index in [0.717, 1.165) is 27.8 Å². The first kappa shape index (κ1) is 34.1. The second-order valence-electron chi connectivity index (χ2n) is 12.9. The zero-order valence-corrected chi connectivity index (χ0v) is 28.6. The van der Waals surface area contributed by atoms with Gasteiger partial charge in [0, 0.05) is 36.6 Å². The number of piperazine rings is 1. The van der Waals surface area contributed by atoms with Gasteiger partial charge in [-0.2, -0.15) is 0 Å². The van der Waals surface area contributed by atoms with Crippen LogP contribution in [-0.4, -0.2) is 80.8 Å². The van der Waals surface area contributed by atoms with E-state index >= 15 is 0 Å². The predicted molar refractivity (Wildman–Crippen MR) is 177 cm³/mol. The molecule has 2 amide bonds. The molecule has 0 bridgehead atoms. The number of hydrogen-bond donors (Lipinski definition) is 0. The number of methoxy groups -OCH3 is 4. The van der Waals surface area contributed by atoms with Crippen LogP contribution in [0.4, 0.5) is 4.79 Å². The van der Waals surface area contributed by atoms with Crippen molar-refractivity contribution in [2.75, 3.05) is 35.0 Å². The van der Waals surface area contributed by atoms with Crippen molar-refractivity contribution in [2.24, 2.45) is 0 Å². The third-order valence-electron chi connectivity index (χ3n) is 8.77. The molecular weight excluding hydrogens is 600 g/mol. The lowest BCUT2D eigenvalue weighted by Gasteiger charge is -2.54. The van der Waals surface area contributed by atoms with E-state index in [1.165, 1.54) is 4.90 Å². The van der Waals surface area contributed by atoms with Crippen LogP contribution in [0.1, 0.15) is 54.6 Å². The van der Waals surface area contributed by atoms with Crippen molar-refractivity contribution >= 4 is 12.0 Å². The van der Waals surface area contributed by atoms with Crippen LogP contribution >= 0.6 is 0 Å². The summed E-state index contributed by atoms with van der Waals surface area (Å²) in [6.07, 6.45) is -0.851. The molecule has 2 heterocycles. The number of benzene rings is 3. The number of amides is 2. The van der Waals surface area contributed by atoms with E-state index in [9.17, 15) is 9.59 Å². The average Bonchev–Trinajstić information content (AvgIpc) is 3.05. The number of carbonyl (C=O) groups is 2. The molecule has 5 rings (SSSR count). The Hall–Kier alpha value is -4.28. The van der Waals surface area contributed by atoms with Crippen LogP contribution in [0.2, 0.25) is 0 Å². The summed E-state index contributed by atoms with van der Waals surface area (Å²) in [5.74, 6) is 1.43. The standard InChI is InChI=1S/C37H46N2O8/c1-23-31(42-5)26-20-28-35(45-8)39(36(41)47-37(2,3)4)27(19-24-15-11-9-12-16-24)34(40)38(28)29(30(26)33(44-7)32(23)43-6)22-46-21-25-17-13-10-14-18-25/h9-18,27-29,35H,19-22H2,1-8H3/t27-,28+,29+,35-/m1/s1. The van der Waals surface area contributed by atoms with E-state index in [0.29, 0.717) is 30.3 Å². The highest BCUT2D eigenvalue weighted by Crippen LogP contribution is 2.52. The summed E-state index contributed by atoms with van der Waals surface area (Å²) in [7, 11) is 6.36. The third-order valence-corrected chi connectivity index (χ3v) is 8.77. The summed E-state index contributed by atoms with van der Waals surface area (Å²) in [5.41, 5.74) is 3.48. The predicted octanol–water partition coefficient (Wildman–Crippen LogP) is 5.87. The smallest absolute Gasteiger partial charge is 0.413 e. The molecule has 0 N–H and O–H groups in total. The average molecular weight is 647 g/mol. The summed E-state index contributed by atoms with van der Waals surface area (Å²) < 4.78 is 36.3. The van der Waals surface area contributed by atoms with Gasteiger partial charge >= 0.3 is 6.09 Å². The lowest BCUT2D eigenvalue weighted by atomic mass is 9.81. The Labute approximate surface area is 277 Å². The Morgan fingerprint density at radius 2 is 1.43 bits per heavy atom. The van der Waals surface area contributed by atoms with E-state index < -0.39 is 36.0 Å². The molecule has 0 aromatic heterocycles. The Morgan fingerprint density at radius 3 is 1.98 bits per heavy atom. The molecule has 252 valence electrons. The Kier molecular flexibility index (Phi) is 10.3. The van der Waals surface area contributed by atoms with E-state index in [-0.39, 0.29) is 18.9 Å². The van der Waals surface area contributed by atoms with E-state index in [2.05, 4.69) is 0 Å². The summed E-state index contributed by atoms with van der Waals surface area (Å²) in [6, 6.07) is 17.4. The third kappa shape index (κ3) is 6.75. The van der Waals surface area contributed by atoms with Gasteiger partial charge < -0.3 is 33.3 Å². The van der Waals surface area contributed by atoms with E-state index in [4.69, 9.17) is 28.4 Å². The van der Waals surface area contributed by atoms with Crippen molar-refractivity contribution in [1.29, 1.82) is 0 Å². The van der Waals surface area contributed by atoms with Crippen LogP contribution in [0.15, 0.2) is 60.7 Å². The monoisotopic (exact) mass is 646 g/mol. The maximum atomic E-state index is 15.0. The summed E-state index contributed by atoms with van der Waals surface area (Å²) in [6.45, 7) is 7.82. The molecule has 4 atom stereocenters. The molecule has 1 fully saturated rings. The van der Waals surface area contributed by atoms with Gasteiger partial charge in [-0.3, -0.25) is 9.69 Å². The molecule has 0 aliphatic carbocycles. The highest BCUT2D eigenvalue weighted by Gasteiger charge is 2.55. The highest BCUT2D eigenvalue weighted by atomic mass is 16.6. The number of rotatable bonds is 10. The number of carbonyl (C=O) groups excluding carboxylic acids is 2. The van der Waals surface area contributed by atoms with Gasteiger partial charge in [-0.1, -0.05) is 60.7 Å². The number of fused-ring (bicyclic) bond motifs is 2. The molecular formula is C37H46N2O8. The first-order valence-electron chi connectivity index (χ1n) is 15.9. The van der Waals surface area contributed by atoms with E-state index in [1.807, 2.05) is 72.5 Å². The highest BCUT2D eigenvalue weighted by molar-refractivity contribution is 5.89. The van der Waals surface area contributed by atoms with Gasteiger partial charge in [-0.25, -0.2) is 4.79 Å². The number of hydrogen-bond acceptors (Lipinski definition) is 8. The van der Waals surface area contributed by atoms with Crippen molar-refractivity contribution < 1.29 is 38.0 Å². The molecule has 0 radical (unpaired) electrons. The van der Waals surface area contributed by atoms with Crippen molar-refractivity contribution in [3.63, 3.8) is 0 Å². The lowest BCUT2D eigenvalue weighted by Crippen LogP contribution is -2.71. The van der Waals surface area contributed by atoms with Crippen LogP contribution in [0.25, 0.3) is 0 Å². The normalized spacial score (nSPS) is 20.7. The molecule has 3 aromatic carbocycles. The fraction of sp³-hybridized carbons (Fsp3) is 0.459. The van der Waals surface area contributed by atoms with Gasteiger partial charge in [0.25, 0.3) is 0 Å². The first-order chi connectivity index (χ1) is 22.5. The largest absolute Gasteiger partial charge is 0.496 e. The molecule has 2 aliphatic rings. The fourth-order valence-electron chi connectivity index (χ4n) is 6.91. The van der Waals surface area contributed by atoms with Gasteiger partial charge in [-0.15, -0.1) is 0 Å². The Balaban J connectivity index is 1.68. The summed E-state index contributed by atoms with van der Waals surface area (Å²) >= 11 is 0. The molecule has 47 heavy (non-hydrogen) atoms.